The predicted molar refractivity (Wildman–Crippen MR) is 79.5 cm³/mol. The summed E-state index contributed by atoms with van der Waals surface area (Å²) < 4.78 is 0. The van der Waals surface area contributed by atoms with Crippen LogP contribution in [0.1, 0.15) is 44.0 Å². The van der Waals surface area contributed by atoms with E-state index in [1.807, 2.05) is 6.92 Å². The standard InChI is InChI=1S/C15H20N2O4/c1-4-8-15(3,13(19)20)17-14(21)16-12-7-5-6-11(9-12)10(2)18/h5-7,9H,4,8H2,1-3H3,(H,19,20)(H2,16,17,21). The first-order valence-electron chi connectivity index (χ1n) is 6.72. The van der Waals surface area contributed by atoms with Gasteiger partial charge in [-0.25, -0.2) is 9.59 Å². The molecule has 0 saturated carbocycles. The van der Waals surface area contributed by atoms with E-state index in [-0.39, 0.29) is 5.78 Å². The van der Waals surface area contributed by atoms with E-state index in [0.717, 1.165) is 0 Å². The molecule has 21 heavy (non-hydrogen) atoms. The van der Waals surface area contributed by atoms with Crippen LogP contribution >= 0.6 is 0 Å². The van der Waals surface area contributed by atoms with Gasteiger partial charge < -0.3 is 15.7 Å². The Hall–Kier alpha value is -2.37. The number of hydrogen-bond acceptors (Lipinski definition) is 3. The highest BCUT2D eigenvalue weighted by atomic mass is 16.4. The van der Waals surface area contributed by atoms with Crippen LogP contribution < -0.4 is 10.6 Å². The molecule has 0 aliphatic rings. The molecule has 0 fully saturated rings. The Bertz CT molecular complexity index is 556. The minimum Gasteiger partial charge on any atom is -0.480 e. The lowest BCUT2D eigenvalue weighted by Gasteiger charge is -2.25. The van der Waals surface area contributed by atoms with Crippen LogP contribution in [-0.2, 0) is 4.79 Å². The van der Waals surface area contributed by atoms with Gasteiger partial charge in [0.05, 0.1) is 0 Å². The lowest BCUT2D eigenvalue weighted by molar-refractivity contribution is -0.143. The van der Waals surface area contributed by atoms with E-state index in [9.17, 15) is 19.5 Å². The van der Waals surface area contributed by atoms with E-state index >= 15 is 0 Å². The number of anilines is 1. The minimum atomic E-state index is -1.32. The Morgan fingerprint density at radius 3 is 2.48 bits per heavy atom. The van der Waals surface area contributed by atoms with E-state index < -0.39 is 17.5 Å². The Labute approximate surface area is 123 Å². The summed E-state index contributed by atoms with van der Waals surface area (Å²) in [6, 6.07) is 5.84. The van der Waals surface area contributed by atoms with Crippen molar-refractivity contribution in [1.29, 1.82) is 0 Å². The lowest BCUT2D eigenvalue weighted by Crippen LogP contribution is -2.53. The van der Waals surface area contributed by atoms with Crippen LogP contribution in [0.5, 0.6) is 0 Å². The van der Waals surface area contributed by atoms with E-state index in [1.54, 1.807) is 24.3 Å². The van der Waals surface area contributed by atoms with Gasteiger partial charge in [0.2, 0.25) is 0 Å². The zero-order valence-electron chi connectivity index (χ0n) is 12.4. The van der Waals surface area contributed by atoms with E-state index in [4.69, 9.17) is 0 Å². The monoisotopic (exact) mass is 292 g/mol. The van der Waals surface area contributed by atoms with Crippen molar-refractivity contribution in [2.45, 2.75) is 39.2 Å². The molecule has 0 aliphatic carbocycles. The van der Waals surface area contributed by atoms with Gasteiger partial charge in [0.1, 0.15) is 5.54 Å². The molecule has 0 bridgehead atoms. The summed E-state index contributed by atoms with van der Waals surface area (Å²) in [4.78, 5) is 34.5. The molecule has 6 nitrogen and oxygen atoms in total. The van der Waals surface area contributed by atoms with Crippen molar-refractivity contribution in [2.75, 3.05) is 5.32 Å². The zero-order chi connectivity index (χ0) is 16.0. The fourth-order valence-corrected chi connectivity index (χ4v) is 1.95. The molecule has 0 spiro atoms. The molecule has 6 heteroatoms. The molecule has 1 atom stereocenters. The zero-order valence-corrected chi connectivity index (χ0v) is 12.4. The molecule has 1 unspecified atom stereocenters. The van der Waals surface area contributed by atoms with E-state index in [2.05, 4.69) is 10.6 Å². The first-order chi connectivity index (χ1) is 9.78. The third-order valence-electron chi connectivity index (χ3n) is 3.14. The summed E-state index contributed by atoms with van der Waals surface area (Å²) in [6.07, 6.45) is 0.951. The van der Waals surface area contributed by atoms with Crippen LogP contribution in [0.25, 0.3) is 0 Å². The Kier molecular flexibility index (Phi) is 5.46. The third-order valence-corrected chi connectivity index (χ3v) is 3.14. The Morgan fingerprint density at radius 2 is 1.95 bits per heavy atom. The fourth-order valence-electron chi connectivity index (χ4n) is 1.95. The highest BCUT2D eigenvalue weighted by molar-refractivity contribution is 5.97. The molecule has 3 N–H and O–H groups in total. The molecule has 0 aliphatic heterocycles. The molecule has 114 valence electrons. The lowest BCUT2D eigenvalue weighted by atomic mass is 9.97. The maximum absolute atomic E-state index is 11.9. The van der Waals surface area contributed by atoms with Crippen molar-refractivity contribution in [2.24, 2.45) is 0 Å². The molecule has 1 aromatic rings. The molecule has 1 aromatic carbocycles. The molecule has 1 rings (SSSR count). The second kappa shape index (κ2) is 6.88. The van der Waals surface area contributed by atoms with Gasteiger partial charge in [-0.15, -0.1) is 0 Å². The summed E-state index contributed by atoms with van der Waals surface area (Å²) in [5, 5.41) is 14.2. The average Bonchev–Trinajstić information content (AvgIpc) is 2.38. The van der Waals surface area contributed by atoms with E-state index in [1.165, 1.54) is 13.8 Å². The topological polar surface area (TPSA) is 95.5 Å². The van der Waals surface area contributed by atoms with Gasteiger partial charge in [-0.3, -0.25) is 4.79 Å². The quantitative estimate of drug-likeness (QED) is 0.702. The second-order valence-electron chi connectivity index (χ2n) is 5.10. The normalized spacial score (nSPS) is 13.1. The van der Waals surface area contributed by atoms with Gasteiger partial charge in [0.15, 0.2) is 5.78 Å². The van der Waals surface area contributed by atoms with Gasteiger partial charge in [0.25, 0.3) is 0 Å². The smallest absolute Gasteiger partial charge is 0.329 e. The van der Waals surface area contributed by atoms with Gasteiger partial charge in [-0.1, -0.05) is 25.5 Å². The van der Waals surface area contributed by atoms with Crippen LogP contribution in [0.2, 0.25) is 0 Å². The summed E-state index contributed by atoms with van der Waals surface area (Å²) in [6.45, 7) is 4.74. The predicted octanol–water partition coefficient (Wildman–Crippen LogP) is 2.65. The van der Waals surface area contributed by atoms with E-state index in [0.29, 0.717) is 24.1 Å². The van der Waals surface area contributed by atoms with Crippen molar-refractivity contribution >= 4 is 23.5 Å². The van der Waals surface area contributed by atoms with Crippen molar-refractivity contribution < 1.29 is 19.5 Å². The summed E-state index contributed by atoms with van der Waals surface area (Å²) in [5.74, 6) is -1.20. The van der Waals surface area contributed by atoms with Crippen molar-refractivity contribution in [3.05, 3.63) is 29.8 Å². The number of urea groups is 1. The van der Waals surface area contributed by atoms with Gasteiger partial charge >= 0.3 is 12.0 Å². The highest BCUT2D eigenvalue weighted by Crippen LogP contribution is 2.15. The number of rotatable bonds is 6. The summed E-state index contributed by atoms with van der Waals surface area (Å²) in [7, 11) is 0. The largest absolute Gasteiger partial charge is 0.480 e. The Balaban J connectivity index is 2.79. The minimum absolute atomic E-state index is 0.111. The number of nitrogens with one attached hydrogen (secondary N) is 2. The van der Waals surface area contributed by atoms with Crippen molar-refractivity contribution in [1.82, 2.24) is 5.32 Å². The molecule has 0 aromatic heterocycles. The molecular weight excluding hydrogens is 272 g/mol. The number of carboxylic acids is 1. The van der Waals surface area contributed by atoms with Gasteiger partial charge in [-0.2, -0.15) is 0 Å². The van der Waals surface area contributed by atoms with Gasteiger partial charge in [0, 0.05) is 11.3 Å². The molecule has 0 heterocycles. The Morgan fingerprint density at radius 1 is 1.29 bits per heavy atom. The number of benzene rings is 1. The number of aliphatic carboxylic acids is 1. The first kappa shape index (κ1) is 16.7. The number of carboxylic acid groups (broad SMARTS) is 1. The number of amides is 2. The highest BCUT2D eigenvalue weighted by Gasteiger charge is 2.33. The second-order valence-corrected chi connectivity index (χ2v) is 5.10. The maximum Gasteiger partial charge on any atom is 0.329 e. The number of hydrogen-bond donors (Lipinski definition) is 3. The molecular formula is C15H20N2O4. The summed E-state index contributed by atoms with van der Waals surface area (Å²) in [5.41, 5.74) is -0.413. The van der Waals surface area contributed by atoms with Crippen molar-refractivity contribution in [3.8, 4) is 0 Å². The molecule has 0 saturated heterocycles. The van der Waals surface area contributed by atoms with Gasteiger partial charge in [-0.05, 0) is 32.4 Å². The molecule has 0 radical (unpaired) electrons. The van der Waals surface area contributed by atoms with Crippen LogP contribution in [0.4, 0.5) is 10.5 Å². The average molecular weight is 292 g/mol. The van der Waals surface area contributed by atoms with Crippen molar-refractivity contribution in [3.63, 3.8) is 0 Å². The van der Waals surface area contributed by atoms with Crippen LogP contribution in [0, 0.1) is 0 Å². The van der Waals surface area contributed by atoms with Crippen LogP contribution in [0.3, 0.4) is 0 Å². The third kappa shape index (κ3) is 4.59. The SMILES string of the molecule is CCCC(C)(NC(=O)Nc1cccc(C(C)=O)c1)C(=O)O. The summed E-state index contributed by atoms with van der Waals surface area (Å²) >= 11 is 0. The number of carbonyl (C=O) groups excluding carboxylic acids is 2. The molecule has 2 amide bonds. The van der Waals surface area contributed by atoms with Crippen LogP contribution in [-0.4, -0.2) is 28.4 Å². The number of ketones is 1. The first-order valence-corrected chi connectivity index (χ1v) is 6.72. The number of Topliss-reactive ketones (excluding diaryl/α,β-unsaturated/α-hetero) is 1. The maximum atomic E-state index is 11.9. The fraction of sp³-hybridized carbons (Fsp3) is 0.400. The van der Waals surface area contributed by atoms with Crippen LogP contribution in [0.15, 0.2) is 24.3 Å². The number of carbonyl (C=O) groups is 3.